The zero-order valence-electron chi connectivity index (χ0n) is 26.4. The number of likely N-dealkylation sites (N-methyl/N-ethyl adjacent to an activating group) is 1. The second-order valence-corrected chi connectivity index (χ2v) is 10.7. The van der Waals surface area contributed by atoms with Gasteiger partial charge >= 0.3 is 0 Å². The van der Waals surface area contributed by atoms with Crippen LogP contribution in [0.5, 0.6) is 34.5 Å². The van der Waals surface area contributed by atoms with E-state index in [1.54, 1.807) is 42.7 Å². The molecule has 0 spiro atoms. The third-order valence-electron chi connectivity index (χ3n) is 8.63. The maximum absolute atomic E-state index is 14.4. The Balaban J connectivity index is 1.85. The lowest BCUT2D eigenvalue weighted by Gasteiger charge is -2.50. The Morgan fingerprint density at radius 1 is 0.791 bits per heavy atom. The van der Waals surface area contributed by atoms with Gasteiger partial charge in [0, 0.05) is 39.9 Å². The molecule has 0 radical (unpaired) electrons. The highest BCUT2D eigenvalue weighted by atomic mass is 16.5. The summed E-state index contributed by atoms with van der Waals surface area (Å²) in [7, 11) is 11.8. The van der Waals surface area contributed by atoms with Crippen molar-refractivity contribution in [1.82, 2.24) is 9.80 Å². The molecule has 9 heteroatoms. The minimum absolute atomic E-state index is 0.00478. The van der Waals surface area contributed by atoms with E-state index in [-0.39, 0.29) is 11.9 Å². The van der Waals surface area contributed by atoms with Gasteiger partial charge in [-0.15, -0.1) is 0 Å². The van der Waals surface area contributed by atoms with E-state index in [4.69, 9.17) is 28.4 Å². The molecule has 2 bridgehead atoms. The van der Waals surface area contributed by atoms with Crippen LogP contribution in [0.1, 0.15) is 39.4 Å². The van der Waals surface area contributed by atoms with Crippen molar-refractivity contribution in [3.05, 3.63) is 75.5 Å². The van der Waals surface area contributed by atoms with E-state index in [0.717, 1.165) is 39.1 Å². The topological polar surface area (TPSA) is 78.9 Å². The summed E-state index contributed by atoms with van der Waals surface area (Å²) in [5, 5.41) is 0. The first-order valence-electron chi connectivity index (χ1n) is 14.2. The van der Waals surface area contributed by atoms with Gasteiger partial charge in [-0.05, 0) is 38.6 Å². The Kier molecular flexibility index (Phi) is 8.46. The molecule has 0 aromatic heterocycles. The van der Waals surface area contributed by atoms with Crippen LogP contribution in [0.25, 0.3) is 6.08 Å². The summed E-state index contributed by atoms with van der Waals surface area (Å²) in [5.41, 5.74) is 6.02. The SMILES string of the molecule is COc1cc(C=C2[C@H]3c4c(c(OC)c(C)c(OC)c4OC)CC(C(=O)N2Cc2ccccc2)N3C)c(OC)c(C)c1OC. The van der Waals surface area contributed by atoms with E-state index in [2.05, 4.69) is 4.90 Å². The molecule has 2 aliphatic rings. The highest BCUT2D eigenvalue weighted by molar-refractivity contribution is 5.89. The van der Waals surface area contributed by atoms with Crippen LogP contribution in [-0.4, -0.2) is 71.5 Å². The van der Waals surface area contributed by atoms with Gasteiger partial charge in [0.15, 0.2) is 23.0 Å². The molecule has 2 aliphatic heterocycles. The summed E-state index contributed by atoms with van der Waals surface area (Å²) >= 11 is 0. The summed E-state index contributed by atoms with van der Waals surface area (Å²) in [6, 6.07) is 11.1. The summed E-state index contributed by atoms with van der Waals surface area (Å²) < 4.78 is 35.2. The maximum atomic E-state index is 14.4. The second kappa shape index (κ2) is 12.1. The van der Waals surface area contributed by atoms with Crippen LogP contribution >= 0.6 is 0 Å². The fraction of sp³-hybridized carbons (Fsp3) is 0.382. The fourth-order valence-corrected chi connectivity index (χ4v) is 6.70. The molecule has 1 unspecified atom stereocenters. The van der Waals surface area contributed by atoms with Crippen molar-refractivity contribution < 1.29 is 33.2 Å². The number of rotatable bonds is 9. The van der Waals surface area contributed by atoms with Crippen molar-refractivity contribution in [2.24, 2.45) is 0 Å². The second-order valence-electron chi connectivity index (χ2n) is 10.7. The van der Waals surface area contributed by atoms with Gasteiger partial charge in [-0.1, -0.05) is 30.3 Å². The van der Waals surface area contributed by atoms with Crippen molar-refractivity contribution in [3.8, 4) is 34.5 Å². The number of ether oxygens (including phenoxy) is 6. The Labute approximate surface area is 253 Å². The predicted molar refractivity (Wildman–Crippen MR) is 165 cm³/mol. The standard InChI is InChI=1S/C34H40N2O7/c1-19-29(39-5)22(16-26(38-4)31(19)41-7)15-24-28-27-23(30(40-6)20(2)32(42-8)33(27)43-9)17-25(35(28)3)34(37)36(24)18-21-13-11-10-12-14-21/h10-16,25,28H,17-18H2,1-9H3/t25?,28-/m0/s1. The van der Waals surface area contributed by atoms with Crippen LogP contribution in [0.2, 0.25) is 0 Å². The molecule has 2 atom stereocenters. The van der Waals surface area contributed by atoms with Crippen LogP contribution < -0.4 is 28.4 Å². The molecule has 0 saturated carbocycles. The van der Waals surface area contributed by atoms with Gasteiger partial charge in [-0.2, -0.15) is 0 Å². The monoisotopic (exact) mass is 588 g/mol. The van der Waals surface area contributed by atoms with Crippen molar-refractivity contribution in [1.29, 1.82) is 0 Å². The van der Waals surface area contributed by atoms with Gasteiger partial charge in [0.25, 0.3) is 0 Å². The molecule has 3 aromatic rings. The van der Waals surface area contributed by atoms with Gasteiger partial charge < -0.3 is 33.3 Å². The van der Waals surface area contributed by atoms with Crippen LogP contribution in [0.4, 0.5) is 0 Å². The Hall–Kier alpha value is -4.37. The average molecular weight is 589 g/mol. The van der Waals surface area contributed by atoms with Crippen molar-refractivity contribution in [2.45, 2.75) is 38.9 Å². The van der Waals surface area contributed by atoms with Crippen LogP contribution in [0, 0.1) is 13.8 Å². The lowest BCUT2D eigenvalue weighted by Crippen LogP contribution is -2.58. The van der Waals surface area contributed by atoms with E-state index in [9.17, 15) is 4.79 Å². The molecule has 1 amide bonds. The molecule has 228 valence electrons. The number of amides is 1. The number of piperazine rings is 1. The lowest BCUT2D eigenvalue weighted by atomic mass is 9.80. The zero-order chi connectivity index (χ0) is 31.0. The van der Waals surface area contributed by atoms with Crippen LogP contribution in [-0.2, 0) is 17.8 Å². The Morgan fingerprint density at radius 2 is 1.40 bits per heavy atom. The number of carbonyl (C=O) groups is 1. The first-order chi connectivity index (χ1) is 20.8. The van der Waals surface area contributed by atoms with E-state index in [1.807, 2.05) is 68.3 Å². The van der Waals surface area contributed by atoms with Crippen molar-refractivity contribution in [3.63, 3.8) is 0 Å². The molecule has 3 aromatic carbocycles. The first-order valence-corrected chi connectivity index (χ1v) is 14.2. The number of hydrogen-bond acceptors (Lipinski definition) is 8. The number of nitrogens with zero attached hydrogens (tertiary/aromatic N) is 2. The molecule has 1 fully saturated rings. The first kappa shape index (κ1) is 30.1. The molecule has 2 heterocycles. The highest BCUT2D eigenvalue weighted by Gasteiger charge is 2.50. The van der Waals surface area contributed by atoms with Gasteiger partial charge in [-0.25, -0.2) is 0 Å². The van der Waals surface area contributed by atoms with Gasteiger partial charge in [0.05, 0.1) is 61.3 Å². The summed E-state index contributed by atoms with van der Waals surface area (Å²) in [5.74, 6) is 3.73. The fourth-order valence-electron chi connectivity index (χ4n) is 6.70. The minimum atomic E-state index is -0.404. The number of methoxy groups -OCH3 is 6. The summed E-state index contributed by atoms with van der Waals surface area (Å²) in [4.78, 5) is 18.4. The minimum Gasteiger partial charge on any atom is -0.496 e. The van der Waals surface area contributed by atoms with E-state index >= 15 is 0 Å². The number of fused-ring (bicyclic) bond motifs is 4. The Bertz CT molecular complexity index is 1570. The number of carbonyl (C=O) groups excluding carboxylic acids is 1. The van der Waals surface area contributed by atoms with Crippen LogP contribution in [0.3, 0.4) is 0 Å². The molecule has 9 nitrogen and oxygen atoms in total. The third-order valence-corrected chi connectivity index (χ3v) is 8.63. The largest absolute Gasteiger partial charge is 0.496 e. The number of hydrogen-bond donors (Lipinski definition) is 0. The molecular formula is C34H40N2O7. The van der Waals surface area contributed by atoms with Gasteiger partial charge in [-0.3, -0.25) is 9.69 Å². The van der Waals surface area contributed by atoms with Crippen molar-refractivity contribution in [2.75, 3.05) is 49.7 Å². The van der Waals surface area contributed by atoms with E-state index in [0.29, 0.717) is 47.5 Å². The molecule has 0 N–H and O–H groups in total. The molecule has 5 rings (SSSR count). The van der Waals surface area contributed by atoms with E-state index in [1.165, 1.54) is 0 Å². The van der Waals surface area contributed by atoms with Crippen LogP contribution in [0.15, 0.2) is 42.1 Å². The van der Waals surface area contributed by atoms with E-state index < -0.39 is 6.04 Å². The quantitative estimate of drug-likeness (QED) is 0.332. The van der Waals surface area contributed by atoms with Gasteiger partial charge in [0.2, 0.25) is 5.91 Å². The Morgan fingerprint density at radius 3 is 1.98 bits per heavy atom. The number of benzene rings is 3. The molecule has 0 aliphatic carbocycles. The third kappa shape index (κ3) is 4.81. The van der Waals surface area contributed by atoms with Gasteiger partial charge in [0.1, 0.15) is 11.5 Å². The molecular weight excluding hydrogens is 548 g/mol. The lowest BCUT2D eigenvalue weighted by molar-refractivity contribution is -0.141. The predicted octanol–water partition coefficient (Wildman–Crippen LogP) is 5.34. The highest BCUT2D eigenvalue weighted by Crippen LogP contribution is 2.55. The zero-order valence-corrected chi connectivity index (χ0v) is 26.4. The normalized spacial score (nSPS) is 18.8. The molecule has 1 saturated heterocycles. The summed E-state index contributed by atoms with van der Waals surface area (Å²) in [6.45, 7) is 4.28. The molecule has 43 heavy (non-hydrogen) atoms. The maximum Gasteiger partial charge on any atom is 0.244 e. The average Bonchev–Trinajstić information content (AvgIpc) is 3.01. The summed E-state index contributed by atoms with van der Waals surface area (Å²) in [6.07, 6.45) is 2.49. The van der Waals surface area contributed by atoms with Crippen molar-refractivity contribution >= 4 is 12.0 Å². The smallest absolute Gasteiger partial charge is 0.244 e.